The predicted octanol–water partition coefficient (Wildman–Crippen LogP) is 17.2. The number of hydrogen-bond donors (Lipinski definition) is 3. The molecule has 10 rings (SSSR count). The fourth-order valence-corrected chi connectivity index (χ4v) is 11.1. The van der Waals surface area contributed by atoms with Crippen LogP contribution >= 0.6 is 11.6 Å². The molecule has 6 atom stereocenters. The summed E-state index contributed by atoms with van der Waals surface area (Å²) in [5.74, 6) is 3.83. The Labute approximate surface area is 422 Å². The average Bonchev–Trinajstić information content (AvgIpc) is 3.34. The summed E-state index contributed by atoms with van der Waals surface area (Å²) >= 11 is 5.27. The number of carbonyl (C=O) groups is 2. The van der Waals surface area contributed by atoms with Gasteiger partial charge in [0.2, 0.25) is 0 Å². The van der Waals surface area contributed by atoms with Crippen LogP contribution in [0.3, 0.4) is 0 Å². The van der Waals surface area contributed by atoms with Crippen LogP contribution in [0.4, 0.5) is 9.59 Å². The zero-order valence-electron chi connectivity index (χ0n) is 41.5. The Bertz CT molecular complexity index is 3080. The Morgan fingerprint density at radius 2 is 0.803 bits per heavy atom. The van der Waals surface area contributed by atoms with Crippen LogP contribution in [0.1, 0.15) is 80.1 Å². The van der Waals surface area contributed by atoms with E-state index < -0.39 is 11.6 Å². The minimum atomic E-state index is -0.689. The molecule has 8 nitrogen and oxygen atoms in total. The number of ether oxygens (including phenoxy) is 3. The van der Waals surface area contributed by atoms with Crippen LogP contribution in [-0.4, -0.2) is 39.1 Å². The quantitative estimate of drug-likeness (QED) is 0.0820. The summed E-state index contributed by atoms with van der Waals surface area (Å²) in [5, 5.41) is 39.6. The highest BCUT2D eigenvalue weighted by atomic mass is 35.5. The molecule has 8 aromatic rings. The van der Waals surface area contributed by atoms with E-state index in [1.54, 1.807) is 24.3 Å². The van der Waals surface area contributed by atoms with Crippen molar-refractivity contribution in [3.05, 3.63) is 146 Å². The summed E-state index contributed by atoms with van der Waals surface area (Å²) in [6.07, 6.45) is 5.60. The Balaban J connectivity index is 0.000000159. The number of carbonyl (C=O) groups excluding carboxylic acids is 2. The van der Waals surface area contributed by atoms with E-state index in [-0.39, 0.29) is 29.5 Å². The van der Waals surface area contributed by atoms with Gasteiger partial charge in [-0.2, -0.15) is 0 Å². The molecule has 368 valence electrons. The molecule has 0 aliphatic heterocycles. The van der Waals surface area contributed by atoms with E-state index in [9.17, 15) is 24.9 Å². The molecule has 0 heterocycles. The number of phenols is 3. The maximum absolute atomic E-state index is 13.1. The van der Waals surface area contributed by atoms with Crippen molar-refractivity contribution in [3.63, 3.8) is 0 Å². The molecule has 0 unspecified atom stereocenters. The molecule has 2 saturated carbocycles. The van der Waals surface area contributed by atoms with Gasteiger partial charge in [-0.3, -0.25) is 0 Å². The van der Waals surface area contributed by atoms with Crippen molar-refractivity contribution in [1.82, 2.24) is 0 Å². The van der Waals surface area contributed by atoms with E-state index in [1.165, 1.54) is 6.42 Å². The lowest BCUT2D eigenvalue weighted by atomic mass is 9.75. The molecule has 0 amide bonds. The van der Waals surface area contributed by atoms with E-state index in [2.05, 4.69) is 41.5 Å². The molecule has 3 N–H and O–H groups in total. The summed E-state index contributed by atoms with van der Waals surface area (Å²) in [7, 11) is 0. The maximum Gasteiger partial charge on any atom is 0.514 e. The van der Waals surface area contributed by atoms with E-state index in [0.29, 0.717) is 63.5 Å². The van der Waals surface area contributed by atoms with Gasteiger partial charge in [0.15, 0.2) is 0 Å². The average molecular weight is 974 g/mol. The lowest BCUT2D eigenvalue weighted by Gasteiger charge is -2.36. The monoisotopic (exact) mass is 972 g/mol. The number of rotatable bonds is 7. The molecule has 0 radical (unpaired) electrons. The van der Waals surface area contributed by atoms with Gasteiger partial charge in [0.1, 0.15) is 35.2 Å². The standard InChI is InChI=1S/C31H32O4.C20H14O2.C11H19ClO2/c1-19(2)23-15-12-20(3)18-28(23)35-31(33)34-27-17-14-22-9-5-7-11-25(22)30(27)29-24-10-6-4-8-21(24)13-16-26(29)32;21-17-11-9-13-5-1-3-7-15(13)19(17)20-16-8-4-2-6-14(16)10-12-18(20)22;1-7(2)9-5-4-8(3)6-10(9)14-11(12)13/h4-11,13-14,16-17,19-20,23,28,32H,12,15,18H2,1-3H3;1-12,21-22H;7-10H,4-6H2,1-3H3/t20-,23+,28-;;8-,9+,10-/m0.0/s1. The van der Waals surface area contributed by atoms with Crippen molar-refractivity contribution in [1.29, 1.82) is 0 Å². The van der Waals surface area contributed by atoms with E-state index in [1.807, 2.05) is 121 Å². The van der Waals surface area contributed by atoms with Gasteiger partial charge in [-0.25, -0.2) is 9.59 Å². The van der Waals surface area contributed by atoms with Gasteiger partial charge in [0.25, 0.3) is 0 Å². The van der Waals surface area contributed by atoms with Crippen molar-refractivity contribution >= 4 is 66.3 Å². The zero-order chi connectivity index (χ0) is 50.3. The minimum Gasteiger partial charge on any atom is -0.507 e. The van der Waals surface area contributed by atoms with Gasteiger partial charge < -0.3 is 29.5 Å². The van der Waals surface area contributed by atoms with E-state index in [0.717, 1.165) is 75.2 Å². The lowest BCUT2D eigenvalue weighted by Crippen LogP contribution is -2.36. The van der Waals surface area contributed by atoms with Crippen LogP contribution < -0.4 is 4.74 Å². The Hall–Kier alpha value is -6.77. The highest BCUT2D eigenvalue weighted by Gasteiger charge is 2.35. The van der Waals surface area contributed by atoms with E-state index >= 15 is 0 Å². The first-order valence-electron chi connectivity index (χ1n) is 25.1. The molecule has 0 aromatic heterocycles. The number of aromatic hydroxyl groups is 3. The highest BCUT2D eigenvalue weighted by Crippen LogP contribution is 2.47. The van der Waals surface area contributed by atoms with Crippen LogP contribution in [0.15, 0.2) is 146 Å². The molecule has 2 aliphatic carbocycles. The second-order valence-corrected chi connectivity index (χ2v) is 20.6. The largest absolute Gasteiger partial charge is 0.514 e. The molecule has 2 fully saturated rings. The van der Waals surface area contributed by atoms with E-state index in [4.69, 9.17) is 25.8 Å². The summed E-state index contributed by atoms with van der Waals surface area (Å²) in [5.41, 5.74) is 2.02. The van der Waals surface area contributed by atoms with Crippen LogP contribution in [0, 0.1) is 35.5 Å². The molecule has 0 spiro atoms. The topological polar surface area (TPSA) is 123 Å². The molecule has 2 aliphatic rings. The third-order valence-corrected chi connectivity index (χ3v) is 14.8. The number of fused-ring (bicyclic) bond motifs is 4. The fourth-order valence-electron chi connectivity index (χ4n) is 11.0. The SMILES string of the molecule is CC(C)[C@H]1CC[C@H](C)C[C@@H]1OC(=O)Cl.CC(C)[C@H]1CC[C@H](C)C[C@@H]1OC(=O)Oc1ccc2ccccc2c1-c1c(O)ccc2ccccc12.Oc1ccc2ccccc2c1-c1c(O)ccc2ccccc12. The molecule has 0 bridgehead atoms. The van der Waals surface area contributed by atoms with Gasteiger partial charge >= 0.3 is 11.6 Å². The number of benzene rings is 8. The van der Waals surface area contributed by atoms with Crippen LogP contribution in [0.2, 0.25) is 0 Å². The van der Waals surface area contributed by atoms with Crippen molar-refractivity contribution in [2.24, 2.45) is 35.5 Å². The first-order valence-corrected chi connectivity index (χ1v) is 25.4. The first-order chi connectivity index (χ1) is 34.2. The van der Waals surface area contributed by atoms with Crippen molar-refractivity contribution in [3.8, 4) is 45.3 Å². The van der Waals surface area contributed by atoms with Crippen molar-refractivity contribution < 1.29 is 39.1 Å². The van der Waals surface area contributed by atoms with Crippen LogP contribution in [0.5, 0.6) is 23.0 Å². The van der Waals surface area contributed by atoms with Crippen molar-refractivity contribution in [2.75, 3.05) is 0 Å². The molecular weight excluding hydrogens is 908 g/mol. The summed E-state index contributed by atoms with van der Waals surface area (Å²) < 4.78 is 17.0. The molecule has 71 heavy (non-hydrogen) atoms. The zero-order valence-corrected chi connectivity index (χ0v) is 42.2. The van der Waals surface area contributed by atoms with Gasteiger partial charge in [0.05, 0.1) is 0 Å². The second kappa shape index (κ2) is 22.5. The first kappa shape index (κ1) is 50.6. The maximum atomic E-state index is 13.1. The summed E-state index contributed by atoms with van der Waals surface area (Å²) in [4.78, 5) is 23.8. The van der Waals surface area contributed by atoms with Crippen LogP contribution in [0.25, 0.3) is 65.3 Å². The number of halogens is 1. The summed E-state index contributed by atoms with van der Waals surface area (Å²) in [6, 6.07) is 46.0. The third-order valence-electron chi connectivity index (χ3n) is 14.7. The Kier molecular flexibility index (Phi) is 16.1. The van der Waals surface area contributed by atoms with Crippen molar-refractivity contribution in [2.45, 2.75) is 92.3 Å². The van der Waals surface area contributed by atoms with Gasteiger partial charge in [-0.15, -0.1) is 0 Å². The predicted molar refractivity (Wildman–Crippen MR) is 288 cm³/mol. The molecule has 8 aromatic carbocycles. The highest BCUT2D eigenvalue weighted by molar-refractivity contribution is 6.61. The summed E-state index contributed by atoms with van der Waals surface area (Å²) in [6.45, 7) is 13.1. The lowest BCUT2D eigenvalue weighted by molar-refractivity contribution is -0.0136. The molecule has 0 saturated heterocycles. The smallest absolute Gasteiger partial charge is 0.507 e. The Morgan fingerprint density at radius 1 is 0.465 bits per heavy atom. The fraction of sp³-hybridized carbons (Fsp3) is 0.323. The van der Waals surface area contributed by atoms with Gasteiger partial charge in [0, 0.05) is 33.9 Å². The normalized spacial score (nSPS) is 20.0. The minimum absolute atomic E-state index is 0.0312. The molecular formula is C62H65ClO8. The number of hydrogen-bond acceptors (Lipinski definition) is 8. The molecule has 9 heteroatoms. The second-order valence-electron chi connectivity index (χ2n) is 20.3. The van der Waals surface area contributed by atoms with Gasteiger partial charge in [-0.05, 0) is 129 Å². The Morgan fingerprint density at radius 3 is 1.18 bits per heavy atom. The number of phenolic OH excluding ortho intramolecular Hbond substituents is 3. The third kappa shape index (κ3) is 11.6. The van der Waals surface area contributed by atoms with Gasteiger partial charge in [-0.1, -0.05) is 176 Å². The van der Waals surface area contributed by atoms with Crippen LogP contribution in [-0.2, 0) is 9.47 Å².